The fraction of sp³-hybridized carbons (Fsp3) is 0.786. The Balaban J connectivity index is 1.71. The maximum atomic E-state index is 10.5. The van der Waals surface area contributed by atoms with Gasteiger partial charge in [0.1, 0.15) is 0 Å². The average molecular weight is 252 g/mol. The Morgan fingerprint density at radius 1 is 1.44 bits per heavy atom. The molecule has 1 fully saturated rings. The van der Waals surface area contributed by atoms with Gasteiger partial charge in [0.05, 0.1) is 6.42 Å². The van der Waals surface area contributed by atoms with Crippen LogP contribution in [0.15, 0.2) is 11.8 Å². The van der Waals surface area contributed by atoms with Crippen molar-refractivity contribution in [1.29, 1.82) is 0 Å². The zero-order valence-corrected chi connectivity index (χ0v) is 11.2. The van der Waals surface area contributed by atoms with Gasteiger partial charge in [-0.05, 0) is 38.1 Å². The number of nitrogens with zero attached hydrogens (tertiary/aromatic N) is 1. The van der Waals surface area contributed by atoms with Crippen LogP contribution in [-0.2, 0) is 4.79 Å². The molecule has 2 N–H and O–H groups in total. The number of nitrogens with one attached hydrogen (secondary N) is 1. The van der Waals surface area contributed by atoms with E-state index in [0.717, 1.165) is 18.9 Å². The number of hydrogen-bond acceptors (Lipinski definition) is 3. The fourth-order valence-electron chi connectivity index (χ4n) is 3.07. The van der Waals surface area contributed by atoms with E-state index in [1.54, 1.807) is 5.57 Å². The van der Waals surface area contributed by atoms with Crippen LogP contribution in [0.5, 0.6) is 0 Å². The average Bonchev–Trinajstić information content (AvgIpc) is 2.77. The minimum absolute atomic E-state index is 0.236. The molecule has 18 heavy (non-hydrogen) atoms. The molecule has 1 aliphatic carbocycles. The molecule has 1 saturated carbocycles. The van der Waals surface area contributed by atoms with E-state index < -0.39 is 5.97 Å². The van der Waals surface area contributed by atoms with Crippen molar-refractivity contribution in [3.8, 4) is 0 Å². The first-order valence-corrected chi connectivity index (χ1v) is 7.02. The Morgan fingerprint density at radius 3 is 3.00 bits per heavy atom. The second kappa shape index (κ2) is 6.23. The van der Waals surface area contributed by atoms with Crippen LogP contribution in [0, 0.1) is 5.92 Å². The molecule has 1 aliphatic heterocycles. The molecule has 1 heterocycles. The van der Waals surface area contributed by atoms with Gasteiger partial charge >= 0.3 is 5.97 Å². The maximum absolute atomic E-state index is 10.5. The summed E-state index contributed by atoms with van der Waals surface area (Å²) in [5, 5.41) is 12.2. The minimum Gasteiger partial charge on any atom is -0.481 e. The highest BCUT2D eigenvalue weighted by Gasteiger charge is 2.31. The Morgan fingerprint density at radius 2 is 2.22 bits per heavy atom. The Kier molecular flexibility index (Phi) is 4.64. The number of carboxylic acids is 1. The van der Waals surface area contributed by atoms with Crippen molar-refractivity contribution in [2.24, 2.45) is 5.92 Å². The highest BCUT2D eigenvalue weighted by Crippen LogP contribution is 2.35. The van der Waals surface area contributed by atoms with E-state index in [1.807, 2.05) is 7.05 Å². The van der Waals surface area contributed by atoms with Crippen LogP contribution < -0.4 is 5.32 Å². The smallest absolute Gasteiger partial charge is 0.304 e. The van der Waals surface area contributed by atoms with Crippen LogP contribution in [0.3, 0.4) is 0 Å². The predicted octanol–water partition coefficient (Wildman–Crippen LogP) is 1.83. The lowest BCUT2D eigenvalue weighted by molar-refractivity contribution is -0.137. The molecule has 0 amide bonds. The molecule has 0 aromatic carbocycles. The molecule has 4 heteroatoms. The molecular formula is C14H24N2O2. The predicted molar refractivity (Wildman–Crippen MR) is 71.3 cm³/mol. The van der Waals surface area contributed by atoms with E-state index in [2.05, 4.69) is 16.4 Å². The van der Waals surface area contributed by atoms with Crippen LogP contribution in [0.25, 0.3) is 0 Å². The standard InChI is InChI=1S/C14H24N2O2/c1-16(9-7-14(17)18)8-6-11-10-15-13-5-3-2-4-12(11)13/h10,12-13,15H,2-9H2,1H3,(H,17,18). The van der Waals surface area contributed by atoms with Gasteiger partial charge in [-0.15, -0.1) is 0 Å². The molecule has 0 aromatic heterocycles. The van der Waals surface area contributed by atoms with Crippen LogP contribution in [0.2, 0.25) is 0 Å². The third-order valence-electron chi connectivity index (χ3n) is 4.21. The number of carbonyl (C=O) groups is 1. The Bertz CT molecular complexity index is 328. The summed E-state index contributed by atoms with van der Waals surface area (Å²) in [6.45, 7) is 1.61. The summed E-state index contributed by atoms with van der Waals surface area (Å²) < 4.78 is 0. The van der Waals surface area contributed by atoms with Gasteiger partial charge in [-0.25, -0.2) is 0 Å². The van der Waals surface area contributed by atoms with Crippen molar-refractivity contribution in [3.05, 3.63) is 11.8 Å². The van der Waals surface area contributed by atoms with Crippen molar-refractivity contribution < 1.29 is 9.90 Å². The molecule has 0 bridgehead atoms. The van der Waals surface area contributed by atoms with E-state index in [1.165, 1.54) is 25.7 Å². The molecule has 0 radical (unpaired) electrons. The second-order valence-corrected chi connectivity index (χ2v) is 5.58. The van der Waals surface area contributed by atoms with E-state index >= 15 is 0 Å². The number of hydrogen-bond donors (Lipinski definition) is 2. The van der Waals surface area contributed by atoms with Crippen molar-refractivity contribution in [3.63, 3.8) is 0 Å². The lowest BCUT2D eigenvalue weighted by Gasteiger charge is -2.28. The zero-order chi connectivity index (χ0) is 13.0. The van der Waals surface area contributed by atoms with Crippen molar-refractivity contribution in [1.82, 2.24) is 10.2 Å². The summed E-state index contributed by atoms with van der Waals surface area (Å²) in [5.41, 5.74) is 1.54. The maximum Gasteiger partial charge on any atom is 0.304 e. The third-order valence-corrected chi connectivity index (χ3v) is 4.21. The zero-order valence-electron chi connectivity index (χ0n) is 11.2. The summed E-state index contributed by atoms with van der Waals surface area (Å²) in [7, 11) is 2.00. The van der Waals surface area contributed by atoms with Gasteiger partial charge in [0, 0.05) is 25.0 Å². The first-order chi connectivity index (χ1) is 8.66. The van der Waals surface area contributed by atoms with Gasteiger partial charge < -0.3 is 15.3 Å². The summed E-state index contributed by atoms with van der Waals surface area (Å²) in [6.07, 6.45) is 8.86. The normalized spacial score (nSPS) is 26.7. The molecule has 2 unspecified atom stereocenters. The number of aliphatic carboxylic acids is 1. The minimum atomic E-state index is -0.712. The van der Waals surface area contributed by atoms with Crippen molar-refractivity contribution in [2.45, 2.75) is 44.6 Å². The van der Waals surface area contributed by atoms with Gasteiger partial charge in [0.15, 0.2) is 0 Å². The second-order valence-electron chi connectivity index (χ2n) is 5.58. The van der Waals surface area contributed by atoms with E-state index in [0.29, 0.717) is 12.6 Å². The van der Waals surface area contributed by atoms with Crippen LogP contribution in [0.1, 0.15) is 38.5 Å². The molecule has 0 aromatic rings. The quantitative estimate of drug-likeness (QED) is 0.757. The SMILES string of the molecule is CN(CCC(=O)O)CCC1=CNC2CCCCC12. The van der Waals surface area contributed by atoms with Crippen molar-refractivity contribution >= 4 is 5.97 Å². The molecule has 0 spiro atoms. The van der Waals surface area contributed by atoms with Crippen LogP contribution >= 0.6 is 0 Å². The van der Waals surface area contributed by atoms with Crippen LogP contribution in [0.4, 0.5) is 0 Å². The largest absolute Gasteiger partial charge is 0.481 e. The molecule has 4 nitrogen and oxygen atoms in total. The summed E-state index contributed by atoms with van der Waals surface area (Å²) in [6, 6.07) is 0.679. The topological polar surface area (TPSA) is 52.6 Å². The number of fused-ring (bicyclic) bond motifs is 1. The lowest BCUT2D eigenvalue weighted by Crippen LogP contribution is -2.31. The lowest BCUT2D eigenvalue weighted by atomic mass is 9.81. The summed E-state index contributed by atoms with van der Waals surface area (Å²) >= 11 is 0. The van der Waals surface area contributed by atoms with E-state index in [-0.39, 0.29) is 6.42 Å². The fourth-order valence-corrected chi connectivity index (χ4v) is 3.07. The van der Waals surface area contributed by atoms with E-state index in [9.17, 15) is 4.79 Å². The van der Waals surface area contributed by atoms with Crippen molar-refractivity contribution in [2.75, 3.05) is 20.1 Å². The molecule has 2 rings (SSSR count). The molecule has 2 atom stereocenters. The van der Waals surface area contributed by atoms with E-state index in [4.69, 9.17) is 5.11 Å². The van der Waals surface area contributed by atoms with Gasteiger partial charge in [-0.1, -0.05) is 12.8 Å². The Labute approximate surface area is 109 Å². The van der Waals surface area contributed by atoms with Gasteiger partial charge in [0.25, 0.3) is 0 Å². The van der Waals surface area contributed by atoms with Crippen LogP contribution in [-0.4, -0.2) is 42.2 Å². The number of rotatable bonds is 6. The first-order valence-electron chi connectivity index (χ1n) is 7.02. The van der Waals surface area contributed by atoms with Gasteiger partial charge in [-0.2, -0.15) is 0 Å². The number of carboxylic acid groups (broad SMARTS) is 1. The highest BCUT2D eigenvalue weighted by molar-refractivity contribution is 5.66. The molecular weight excluding hydrogens is 228 g/mol. The van der Waals surface area contributed by atoms with Gasteiger partial charge in [-0.3, -0.25) is 4.79 Å². The monoisotopic (exact) mass is 252 g/mol. The molecule has 102 valence electrons. The summed E-state index contributed by atoms with van der Waals surface area (Å²) in [5.74, 6) is 0.0302. The third kappa shape index (κ3) is 3.48. The Hall–Kier alpha value is -1.03. The molecule has 2 aliphatic rings. The molecule has 0 saturated heterocycles. The first kappa shape index (κ1) is 13.4. The van der Waals surface area contributed by atoms with Gasteiger partial charge in [0.2, 0.25) is 0 Å². The highest BCUT2D eigenvalue weighted by atomic mass is 16.4. The summed E-state index contributed by atoms with van der Waals surface area (Å²) in [4.78, 5) is 12.6.